The number of ketones is 1. The molecule has 38 heavy (non-hydrogen) atoms. The lowest BCUT2D eigenvalue weighted by Crippen LogP contribution is -2.36. The van der Waals surface area contributed by atoms with Crippen molar-refractivity contribution in [1.29, 1.82) is 0 Å². The number of hydrazine groups is 1. The number of hydrogen-bond acceptors (Lipinski definition) is 7. The van der Waals surface area contributed by atoms with E-state index in [2.05, 4.69) is 0 Å². The Bertz CT molecular complexity index is 1260. The van der Waals surface area contributed by atoms with Gasteiger partial charge in [-0.3, -0.25) is 4.79 Å². The van der Waals surface area contributed by atoms with Crippen LogP contribution in [-0.4, -0.2) is 19.4 Å². The molecule has 0 spiro atoms. The third kappa shape index (κ3) is 6.31. The molecule has 0 aliphatic heterocycles. The second-order valence-electron chi connectivity index (χ2n) is 10.1. The average Bonchev–Trinajstić information content (AvgIpc) is 3.25. The molecule has 1 atom stereocenters. The lowest BCUT2D eigenvalue weighted by Gasteiger charge is -2.35. The van der Waals surface area contributed by atoms with Crippen LogP contribution < -0.4 is 21.3 Å². The first-order valence-corrected chi connectivity index (χ1v) is 13.7. The monoisotopic (exact) mass is 561 g/mol. The predicted molar refractivity (Wildman–Crippen MR) is 154 cm³/mol. The Labute approximate surface area is 233 Å². The number of rotatable bonds is 12. The number of hydrogen-bond donors (Lipinski definition) is 2. The van der Waals surface area contributed by atoms with E-state index < -0.39 is 17.2 Å². The van der Waals surface area contributed by atoms with Crippen molar-refractivity contribution in [3.8, 4) is 5.75 Å². The van der Waals surface area contributed by atoms with E-state index in [1.807, 2.05) is 65.0 Å². The Morgan fingerprint density at radius 2 is 1.82 bits per heavy atom. The van der Waals surface area contributed by atoms with Crippen molar-refractivity contribution in [2.24, 2.45) is 17.2 Å². The summed E-state index contributed by atoms with van der Waals surface area (Å²) in [7, 11) is 1.62. The van der Waals surface area contributed by atoms with Crippen molar-refractivity contribution in [3.05, 3.63) is 74.2 Å². The Balaban J connectivity index is 1.97. The molecule has 0 fully saturated rings. The Hall–Kier alpha value is -2.65. The largest absolute Gasteiger partial charge is 0.497 e. The van der Waals surface area contributed by atoms with Crippen molar-refractivity contribution in [3.63, 3.8) is 0 Å². The number of Topliss-reactive ketones (excluding diaryl/α,β-unsaturated/α-hetero) is 1. The fourth-order valence-electron chi connectivity index (χ4n) is 4.70. The van der Waals surface area contributed by atoms with Gasteiger partial charge in [0.15, 0.2) is 5.82 Å². The smallest absolute Gasteiger partial charge is 0.152 e. The van der Waals surface area contributed by atoms with Crippen LogP contribution in [0.4, 0.5) is 15.8 Å². The first-order valence-electron chi connectivity index (χ1n) is 12.5. The van der Waals surface area contributed by atoms with Gasteiger partial charge >= 0.3 is 0 Å². The van der Waals surface area contributed by atoms with Gasteiger partial charge in [0, 0.05) is 34.2 Å². The Morgan fingerprint density at radius 3 is 2.39 bits per heavy atom. The summed E-state index contributed by atoms with van der Waals surface area (Å²) in [6.45, 7) is 10.4. The maximum atomic E-state index is 15.9. The average molecular weight is 562 g/mol. The minimum absolute atomic E-state index is 0.0142. The standard InChI is InChI=1S/C29H37ClFN3O3S/c1-7-34(33)22-13-12-21(25(31)26(22)32)24(29(4,5)27(35)17(2)3)23-14-19(28(30)38-23)16-37-15-18-8-10-20(36-6)11-9-18/h8-14,17,24H,7,15-16,32-33H2,1-6H3. The summed E-state index contributed by atoms with van der Waals surface area (Å²) in [5, 5.41) is 1.39. The van der Waals surface area contributed by atoms with Crippen LogP contribution in [0.2, 0.25) is 4.34 Å². The number of benzene rings is 2. The Morgan fingerprint density at radius 1 is 1.16 bits per heavy atom. The van der Waals surface area contributed by atoms with E-state index in [1.54, 1.807) is 19.2 Å². The quantitative estimate of drug-likeness (QED) is 0.141. The molecule has 2 aromatic carbocycles. The number of methoxy groups -OCH3 is 1. The van der Waals surface area contributed by atoms with Crippen LogP contribution in [0.1, 0.15) is 62.1 Å². The number of ether oxygens (including phenoxy) is 2. The summed E-state index contributed by atoms with van der Waals surface area (Å²) in [4.78, 5) is 14.2. The molecule has 4 N–H and O–H groups in total. The number of nitrogens with zero attached hydrogens (tertiary/aromatic N) is 1. The molecule has 3 aromatic rings. The maximum Gasteiger partial charge on any atom is 0.152 e. The predicted octanol–water partition coefficient (Wildman–Crippen LogP) is 6.93. The van der Waals surface area contributed by atoms with Crippen LogP contribution in [-0.2, 0) is 22.7 Å². The number of carbonyl (C=O) groups excluding carboxylic acids is 1. The highest BCUT2D eigenvalue weighted by Crippen LogP contribution is 2.49. The van der Waals surface area contributed by atoms with Gasteiger partial charge in [-0.05, 0) is 42.3 Å². The van der Waals surface area contributed by atoms with Crippen LogP contribution in [0.25, 0.3) is 0 Å². The molecule has 3 rings (SSSR count). The molecule has 1 heterocycles. The van der Waals surface area contributed by atoms with E-state index in [-0.39, 0.29) is 24.0 Å². The highest BCUT2D eigenvalue weighted by Gasteiger charge is 2.42. The van der Waals surface area contributed by atoms with Gasteiger partial charge < -0.3 is 20.2 Å². The molecule has 0 saturated heterocycles. The molecule has 0 aliphatic carbocycles. The molecule has 0 saturated carbocycles. The number of thiophene rings is 1. The van der Waals surface area contributed by atoms with Gasteiger partial charge in [0.2, 0.25) is 0 Å². The molecule has 206 valence electrons. The molecule has 0 radical (unpaired) electrons. The molecular weight excluding hydrogens is 525 g/mol. The summed E-state index contributed by atoms with van der Waals surface area (Å²) in [5.41, 5.74) is 7.72. The van der Waals surface area contributed by atoms with Crippen molar-refractivity contribution in [1.82, 2.24) is 0 Å². The lowest BCUT2D eigenvalue weighted by atomic mass is 9.68. The van der Waals surface area contributed by atoms with E-state index in [0.29, 0.717) is 28.7 Å². The number of halogens is 2. The van der Waals surface area contributed by atoms with E-state index in [4.69, 9.17) is 32.7 Å². The zero-order valence-corrected chi connectivity index (χ0v) is 24.4. The topological polar surface area (TPSA) is 90.8 Å². The van der Waals surface area contributed by atoms with Crippen molar-refractivity contribution < 1.29 is 18.7 Å². The lowest BCUT2D eigenvalue weighted by molar-refractivity contribution is -0.130. The van der Waals surface area contributed by atoms with Gasteiger partial charge in [0.25, 0.3) is 0 Å². The van der Waals surface area contributed by atoms with Gasteiger partial charge in [0.1, 0.15) is 11.5 Å². The van der Waals surface area contributed by atoms with Gasteiger partial charge in [-0.2, -0.15) is 0 Å². The third-order valence-electron chi connectivity index (χ3n) is 6.78. The minimum atomic E-state index is -0.939. The molecule has 0 aliphatic rings. The fraction of sp³-hybridized carbons (Fsp3) is 0.414. The van der Waals surface area contributed by atoms with Gasteiger partial charge in [0.05, 0.1) is 36.0 Å². The first-order chi connectivity index (χ1) is 17.9. The van der Waals surface area contributed by atoms with E-state index in [9.17, 15) is 4.79 Å². The second kappa shape index (κ2) is 12.5. The van der Waals surface area contributed by atoms with E-state index in [1.165, 1.54) is 16.3 Å². The number of carbonyl (C=O) groups is 1. The maximum absolute atomic E-state index is 15.9. The van der Waals surface area contributed by atoms with Gasteiger partial charge in [-0.15, -0.1) is 11.3 Å². The van der Waals surface area contributed by atoms with Gasteiger partial charge in [-0.1, -0.05) is 57.5 Å². The Kier molecular flexibility index (Phi) is 9.81. The van der Waals surface area contributed by atoms with Crippen molar-refractivity contribution in [2.45, 2.75) is 53.8 Å². The molecule has 0 amide bonds. The second-order valence-corrected chi connectivity index (χ2v) is 11.8. The van der Waals surface area contributed by atoms with Crippen LogP contribution in [0, 0.1) is 17.2 Å². The summed E-state index contributed by atoms with van der Waals surface area (Å²) >= 11 is 7.97. The number of nitrogen functional groups attached to an aromatic ring is 1. The summed E-state index contributed by atoms with van der Waals surface area (Å²) in [6, 6.07) is 12.9. The van der Waals surface area contributed by atoms with Crippen LogP contribution >= 0.6 is 22.9 Å². The molecular formula is C29H37ClFN3O3S. The summed E-state index contributed by atoms with van der Waals surface area (Å²) in [5.74, 6) is 5.36. The van der Waals surface area contributed by atoms with Crippen molar-refractivity contribution in [2.75, 3.05) is 24.4 Å². The molecule has 0 bridgehead atoms. The van der Waals surface area contributed by atoms with Gasteiger partial charge in [-0.25, -0.2) is 10.2 Å². The third-order valence-corrected chi connectivity index (χ3v) is 8.28. The number of nitrogens with two attached hydrogens (primary N) is 2. The molecule has 9 heteroatoms. The normalized spacial score (nSPS) is 12.6. The van der Waals surface area contributed by atoms with Crippen LogP contribution in [0.15, 0.2) is 42.5 Å². The van der Waals surface area contributed by atoms with Crippen LogP contribution in [0.5, 0.6) is 5.75 Å². The highest BCUT2D eigenvalue weighted by molar-refractivity contribution is 7.16. The minimum Gasteiger partial charge on any atom is -0.497 e. The van der Waals surface area contributed by atoms with Crippen molar-refractivity contribution >= 4 is 40.1 Å². The SMILES string of the molecule is CCN(N)c1ccc(C(c2cc(COCc3ccc(OC)cc3)c(Cl)s2)C(C)(C)C(=O)C(C)C)c(F)c1N. The van der Waals surface area contributed by atoms with E-state index >= 15 is 4.39 Å². The van der Waals surface area contributed by atoms with Crippen LogP contribution in [0.3, 0.4) is 0 Å². The highest BCUT2D eigenvalue weighted by atomic mass is 35.5. The summed E-state index contributed by atoms with van der Waals surface area (Å²) < 4.78 is 27.5. The number of anilines is 2. The first kappa shape index (κ1) is 29.9. The van der Waals surface area contributed by atoms with E-state index in [0.717, 1.165) is 21.8 Å². The molecule has 6 nitrogen and oxygen atoms in total. The zero-order chi connectivity index (χ0) is 28.2. The molecule has 1 aromatic heterocycles. The fourth-order valence-corrected chi connectivity index (χ4v) is 6.27. The molecule has 1 unspecified atom stereocenters. The summed E-state index contributed by atoms with van der Waals surface area (Å²) in [6.07, 6.45) is 0. The zero-order valence-electron chi connectivity index (χ0n) is 22.8.